The zero-order valence-electron chi connectivity index (χ0n) is 31.0. The third kappa shape index (κ3) is 7.91. The fourth-order valence-corrected chi connectivity index (χ4v) is 9.54. The number of nitrogens with one attached hydrogen (secondary N) is 2. The van der Waals surface area contributed by atoms with Crippen LogP contribution >= 0.6 is 34.7 Å². The van der Waals surface area contributed by atoms with E-state index in [0.29, 0.717) is 22.1 Å². The van der Waals surface area contributed by atoms with Crippen LogP contribution in [0.2, 0.25) is 0 Å². The van der Waals surface area contributed by atoms with Crippen LogP contribution < -0.4 is 15.4 Å². The number of nitrogens with zero attached hydrogens (tertiary/aromatic N) is 3. The van der Waals surface area contributed by atoms with E-state index in [0.717, 1.165) is 22.9 Å². The van der Waals surface area contributed by atoms with Crippen molar-refractivity contribution in [1.82, 2.24) is 15.2 Å². The van der Waals surface area contributed by atoms with Gasteiger partial charge >= 0.3 is 5.97 Å². The van der Waals surface area contributed by atoms with Gasteiger partial charge in [-0.05, 0) is 34.4 Å². The molecule has 7 rings (SSSR count). The zero-order valence-corrected chi connectivity index (χ0v) is 33.4. The lowest BCUT2D eigenvalue weighted by Crippen LogP contribution is -2.60. The molecule has 0 bridgehead atoms. The van der Waals surface area contributed by atoms with Crippen molar-refractivity contribution in [3.05, 3.63) is 172 Å². The summed E-state index contributed by atoms with van der Waals surface area (Å²) in [5.41, 5.74) is 3.37. The number of thioether (sulfide) groups is 1. The molecule has 5 aromatic rings. The summed E-state index contributed by atoms with van der Waals surface area (Å²) >= 11 is 8.83. The van der Waals surface area contributed by atoms with E-state index in [2.05, 4.69) is 52.2 Å². The Morgan fingerprint density at radius 1 is 0.947 bits per heavy atom. The zero-order chi connectivity index (χ0) is 39.8. The highest BCUT2D eigenvalue weighted by molar-refractivity contribution is 8.01. The smallest absolute Gasteiger partial charge is 0.355 e. The van der Waals surface area contributed by atoms with Gasteiger partial charge in [0.2, 0.25) is 5.91 Å². The molecule has 2 aliphatic rings. The SMILES string of the molecule is CON=CC(=O)NC1(c2csc(NC(c3ccccc3)(c3ccccc3)c3ccccc3)n2)S[C@H]2CC(=O)N2C(C(=O)OCc2ccc(OC)cc2)=C1/C=C\CCl. The summed E-state index contributed by atoms with van der Waals surface area (Å²) in [4.78, 5) is 51.2. The molecule has 1 unspecified atom stereocenters. The molecule has 0 saturated carbocycles. The number of hydrogen-bond donors (Lipinski definition) is 2. The Hall–Kier alpha value is -5.89. The normalized spacial score (nSPS) is 17.9. The van der Waals surface area contributed by atoms with Gasteiger partial charge < -0.3 is 24.9 Å². The Labute approximate surface area is 343 Å². The highest BCUT2D eigenvalue weighted by Gasteiger charge is 2.57. The first-order valence-corrected chi connectivity index (χ1v) is 20.2. The van der Waals surface area contributed by atoms with Crippen molar-refractivity contribution in [2.45, 2.75) is 28.8 Å². The van der Waals surface area contributed by atoms with Crippen LogP contribution in [0.5, 0.6) is 5.75 Å². The molecule has 14 heteroatoms. The molecule has 2 amide bonds. The van der Waals surface area contributed by atoms with Crippen LogP contribution in [0.3, 0.4) is 0 Å². The quantitative estimate of drug-likeness (QED) is 0.0275. The van der Waals surface area contributed by atoms with Crippen LogP contribution in [0.4, 0.5) is 5.13 Å². The van der Waals surface area contributed by atoms with Crippen molar-refractivity contribution in [3.63, 3.8) is 0 Å². The third-order valence-electron chi connectivity index (χ3n) is 9.54. The summed E-state index contributed by atoms with van der Waals surface area (Å²) in [6.07, 6.45) is 4.39. The number of thiazole rings is 1. The van der Waals surface area contributed by atoms with Crippen LogP contribution in [0, 0.1) is 0 Å². The predicted octanol–water partition coefficient (Wildman–Crippen LogP) is 7.55. The Morgan fingerprint density at radius 2 is 1.56 bits per heavy atom. The minimum Gasteiger partial charge on any atom is -0.497 e. The highest BCUT2D eigenvalue weighted by Crippen LogP contribution is 2.55. The summed E-state index contributed by atoms with van der Waals surface area (Å²) < 4.78 is 11.1. The lowest BCUT2D eigenvalue weighted by molar-refractivity contribution is -0.150. The number of benzene rings is 4. The van der Waals surface area contributed by atoms with Gasteiger partial charge in [0.25, 0.3) is 5.91 Å². The number of rotatable bonds is 15. The highest BCUT2D eigenvalue weighted by atomic mass is 35.5. The van der Waals surface area contributed by atoms with E-state index in [-0.39, 0.29) is 36.1 Å². The number of allylic oxidation sites excluding steroid dienone is 1. The number of carbonyl (C=O) groups excluding carboxylic acids is 3. The number of β-lactam (4-membered cyclic amide) rings is 1. The van der Waals surface area contributed by atoms with Gasteiger partial charge in [-0.25, -0.2) is 9.78 Å². The minimum absolute atomic E-state index is 0.0245. The second kappa shape index (κ2) is 17.5. The molecule has 57 heavy (non-hydrogen) atoms. The number of esters is 1. The van der Waals surface area contributed by atoms with Crippen LogP contribution in [-0.2, 0) is 41.0 Å². The number of amides is 2. The summed E-state index contributed by atoms with van der Waals surface area (Å²) in [5.74, 6) is -0.913. The molecule has 1 aromatic heterocycles. The summed E-state index contributed by atoms with van der Waals surface area (Å²) in [7, 11) is 2.90. The van der Waals surface area contributed by atoms with Crippen LogP contribution in [0.1, 0.15) is 34.4 Å². The van der Waals surface area contributed by atoms with Gasteiger partial charge in [0, 0.05) is 16.8 Å². The number of alkyl halides is 1. The molecule has 3 heterocycles. The Balaban J connectivity index is 1.38. The molecule has 1 fully saturated rings. The van der Waals surface area contributed by atoms with Crippen molar-refractivity contribution in [2.75, 3.05) is 25.4 Å². The van der Waals surface area contributed by atoms with Crippen LogP contribution in [0.15, 0.2) is 149 Å². The maximum Gasteiger partial charge on any atom is 0.355 e. The van der Waals surface area contributed by atoms with E-state index in [1.807, 2.05) is 60.0 Å². The number of ether oxygens (including phenoxy) is 2. The molecular weight excluding hydrogens is 782 g/mol. The van der Waals surface area contributed by atoms with Crippen molar-refractivity contribution in [3.8, 4) is 5.75 Å². The monoisotopic (exact) mass is 819 g/mol. The lowest BCUT2D eigenvalue weighted by Gasteiger charge is -2.51. The number of carbonyl (C=O) groups is 3. The molecule has 290 valence electrons. The molecule has 4 aromatic carbocycles. The van der Waals surface area contributed by atoms with E-state index in [1.165, 1.54) is 35.1 Å². The van der Waals surface area contributed by atoms with Crippen molar-refractivity contribution in [1.29, 1.82) is 0 Å². The van der Waals surface area contributed by atoms with Gasteiger partial charge in [-0.3, -0.25) is 14.5 Å². The number of hydrogen-bond acceptors (Lipinski definition) is 11. The number of fused-ring (bicyclic) bond motifs is 1. The molecule has 1 saturated heterocycles. The summed E-state index contributed by atoms with van der Waals surface area (Å²) in [5, 5.41) is 12.4. The van der Waals surface area contributed by atoms with Crippen LogP contribution in [-0.4, -0.2) is 59.4 Å². The molecule has 0 radical (unpaired) electrons. The van der Waals surface area contributed by atoms with Gasteiger partial charge in [-0.1, -0.05) is 132 Å². The van der Waals surface area contributed by atoms with Gasteiger partial charge in [0.15, 0.2) is 10.0 Å². The lowest BCUT2D eigenvalue weighted by atomic mass is 9.77. The maximum atomic E-state index is 14.3. The van der Waals surface area contributed by atoms with Gasteiger partial charge in [-0.2, -0.15) is 0 Å². The standard InChI is InChI=1S/C43H38ClN5O6S2/c1-53-33-22-20-29(21-23-33)27-55-40(52)39-34(19-12-24-44)43(47-36(50)26-45-54-2,57-38-25-37(51)49(38)39)35-28-56-41(46-35)48-42(30-13-6-3-7-14-30,31-15-8-4-9-16-31)32-17-10-5-11-18-32/h3-23,26,28,38H,24-25,27H2,1-2H3,(H,46,48)(H,47,50)/b19-12-,45-26?/t38-,43?/m0/s1. The van der Waals surface area contributed by atoms with Gasteiger partial charge in [0.05, 0.1) is 24.6 Å². The first-order valence-electron chi connectivity index (χ1n) is 17.9. The third-order valence-corrected chi connectivity index (χ3v) is 12.0. The number of aromatic nitrogens is 1. The number of methoxy groups -OCH3 is 1. The summed E-state index contributed by atoms with van der Waals surface area (Å²) in [6, 6.07) is 37.4. The number of halogens is 1. The van der Waals surface area contributed by atoms with Crippen molar-refractivity contribution < 1.29 is 28.7 Å². The molecule has 11 nitrogen and oxygen atoms in total. The Kier molecular flexibility index (Phi) is 12.1. The van der Waals surface area contributed by atoms with E-state index < -0.39 is 27.7 Å². The molecule has 2 atom stereocenters. The van der Waals surface area contributed by atoms with Gasteiger partial charge in [-0.15, -0.1) is 22.9 Å². The maximum absolute atomic E-state index is 14.3. The molecular formula is C43H38ClN5O6S2. The number of oxime groups is 1. The van der Waals surface area contributed by atoms with Crippen molar-refractivity contribution in [2.24, 2.45) is 5.16 Å². The Morgan fingerprint density at radius 3 is 2.11 bits per heavy atom. The molecule has 0 aliphatic carbocycles. The van der Waals surface area contributed by atoms with Gasteiger partial charge in [0.1, 0.15) is 36.9 Å². The van der Waals surface area contributed by atoms with E-state index in [1.54, 1.807) is 43.5 Å². The molecule has 0 spiro atoms. The first kappa shape index (κ1) is 39.3. The molecule has 2 N–H and O–H groups in total. The summed E-state index contributed by atoms with van der Waals surface area (Å²) in [6.45, 7) is -0.0795. The van der Waals surface area contributed by atoms with E-state index >= 15 is 0 Å². The average molecular weight is 820 g/mol. The van der Waals surface area contributed by atoms with Crippen LogP contribution in [0.25, 0.3) is 0 Å². The second-order valence-corrected chi connectivity index (χ2v) is 15.4. The average Bonchev–Trinajstić information content (AvgIpc) is 3.73. The largest absolute Gasteiger partial charge is 0.497 e. The number of anilines is 1. The van der Waals surface area contributed by atoms with Crippen molar-refractivity contribution >= 4 is 63.8 Å². The van der Waals surface area contributed by atoms with E-state index in [9.17, 15) is 14.4 Å². The second-order valence-electron chi connectivity index (χ2n) is 12.9. The fraction of sp³-hybridized carbons (Fsp3) is 0.186. The first-order chi connectivity index (χ1) is 27.8. The van der Waals surface area contributed by atoms with E-state index in [4.69, 9.17) is 30.9 Å². The topological polar surface area (TPSA) is 131 Å². The minimum atomic E-state index is -1.53. The fourth-order valence-electron chi connectivity index (χ4n) is 6.92. The molecule has 2 aliphatic heterocycles. The Bertz CT molecular complexity index is 2210. The predicted molar refractivity (Wildman–Crippen MR) is 223 cm³/mol.